The van der Waals surface area contributed by atoms with Crippen LogP contribution in [0.15, 0.2) is 49.1 Å². The van der Waals surface area contributed by atoms with Crippen LogP contribution in [0.1, 0.15) is 0 Å². The van der Waals surface area contributed by atoms with Crippen LogP contribution < -0.4 is 14.8 Å². The molecule has 0 saturated carbocycles. The zero-order valence-corrected chi connectivity index (χ0v) is 13.5. The summed E-state index contributed by atoms with van der Waals surface area (Å²) in [7, 11) is 0. The molecule has 0 bridgehead atoms. The molecule has 4 heterocycles. The molecule has 0 fully saturated rings. The predicted octanol–water partition coefficient (Wildman–Crippen LogP) is 3.04. The fourth-order valence-corrected chi connectivity index (χ4v) is 2.92. The van der Waals surface area contributed by atoms with E-state index in [1.807, 2.05) is 41.1 Å². The summed E-state index contributed by atoms with van der Waals surface area (Å²) in [6.45, 7) is 0.220. The van der Waals surface area contributed by atoms with Gasteiger partial charge in [-0.3, -0.25) is 0 Å². The van der Waals surface area contributed by atoms with E-state index in [-0.39, 0.29) is 12.1 Å². The number of hydrogen-bond donors (Lipinski definition) is 1. The smallest absolute Gasteiger partial charge is 0.243 e. The Balaban J connectivity index is 1.51. The second kappa shape index (κ2) is 5.38. The van der Waals surface area contributed by atoms with E-state index in [2.05, 4.69) is 20.4 Å². The Labute approximate surface area is 146 Å². The van der Waals surface area contributed by atoms with Gasteiger partial charge in [-0.25, -0.2) is 9.50 Å². The lowest BCUT2D eigenvalue weighted by atomic mass is 10.2. The van der Waals surface area contributed by atoms with Gasteiger partial charge in [0.2, 0.25) is 12.1 Å². The summed E-state index contributed by atoms with van der Waals surface area (Å²) in [6.07, 6.45) is 5.34. The van der Waals surface area contributed by atoms with Gasteiger partial charge in [0.15, 0.2) is 17.3 Å². The van der Waals surface area contributed by atoms with Crippen molar-refractivity contribution < 1.29 is 9.47 Å². The largest absolute Gasteiger partial charge is 0.454 e. The summed E-state index contributed by atoms with van der Waals surface area (Å²) < 4.78 is 14.5. The number of anilines is 2. The third-order valence-electron chi connectivity index (χ3n) is 3.85. The SMILES string of the molecule is Clc1nc(Nc2cn(-c3cccc4c3OCO4)cn2)c2cccn2n1. The average Bonchev–Trinajstić information content (AvgIpc) is 3.34. The highest BCUT2D eigenvalue weighted by Crippen LogP contribution is 2.37. The fourth-order valence-electron chi connectivity index (χ4n) is 2.76. The summed E-state index contributed by atoms with van der Waals surface area (Å²) in [6, 6.07) is 9.48. The van der Waals surface area contributed by atoms with E-state index in [0.717, 1.165) is 17.0 Å². The van der Waals surface area contributed by atoms with Crippen LogP contribution in [0.5, 0.6) is 11.5 Å². The van der Waals surface area contributed by atoms with Gasteiger partial charge in [0.25, 0.3) is 0 Å². The molecule has 3 aromatic heterocycles. The van der Waals surface area contributed by atoms with E-state index < -0.39 is 0 Å². The first-order valence-electron chi connectivity index (χ1n) is 7.49. The van der Waals surface area contributed by atoms with Gasteiger partial charge in [-0.15, -0.1) is 5.10 Å². The highest BCUT2D eigenvalue weighted by Gasteiger charge is 2.18. The maximum Gasteiger partial charge on any atom is 0.243 e. The lowest BCUT2D eigenvalue weighted by Gasteiger charge is -2.06. The van der Waals surface area contributed by atoms with Crippen molar-refractivity contribution in [1.29, 1.82) is 0 Å². The number of imidazole rings is 1. The Kier molecular flexibility index (Phi) is 3.04. The van der Waals surface area contributed by atoms with Crippen molar-refractivity contribution in [3.63, 3.8) is 0 Å². The van der Waals surface area contributed by atoms with Gasteiger partial charge in [-0.05, 0) is 35.9 Å². The summed E-state index contributed by atoms with van der Waals surface area (Å²) in [4.78, 5) is 8.61. The van der Waals surface area contributed by atoms with Crippen LogP contribution in [0, 0.1) is 0 Å². The zero-order chi connectivity index (χ0) is 16.8. The number of halogens is 1. The lowest BCUT2D eigenvalue weighted by molar-refractivity contribution is 0.174. The Bertz CT molecular complexity index is 1090. The molecule has 124 valence electrons. The van der Waals surface area contributed by atoms with E-state index in [1.54, 1.807) is 17.0 Å². The minimum absolute atomic E-state index is 0.150. The molecule has 1 aromatic carbocycles. The molecule has 1 aliphatic heterocycles. The van der Waals surface area contributed by atoms with Crippen LogP contribution in [0.2, 0.25) is 5.28 Å². The van der Waals surface area contributed by atoms with Gasteiger partial charge in [-0.1, -0.05) is 6.07 Å². The highest BCUT2D eigenvalue weighted by molar-refractivity contribution is 6.28. The third-order valence-corrected chi connectivity index (χ3v) is 4.01. The molecule has 9 heteroatoms. The Morgan fingerprint density at radius 1 is 1.16 bits per heavy atom. The molecule has 8 nitrogen and oxygen atoms in total. The number of hydrogen-bond acceptors (Lipinski definition) is 6. The van der Waals surface area contributed by atoms with Crippen LogP contribution >= 0.6 is 11.6 Å². The molecule has 5 rings (SSSR count). The van der Waals surface area contributed by atoms with Crippen molar-refractivity contribution in [3.8, 4) is 17.2 Å². The van der Waals surface area contributed by atoms with Gasteiger partial charge in [0, 0.05) is 6.20 Å². The Morgan fingerprint density at radius 2 is 2.12 bits per heavy atom. The molecule has 0 unspecified atom stereocenters. The third kappa shape index (κ3) is 2.34. The lowest BCUT2D eigenvalue weighted by Crippen LogP contribution is -2.01. The molecule has 0 saturated heterocycles. The van der Waals surface area contributed by atoms with Gasteiger partial charge in [-0.2, -0.15) is 4.98 Å². The number of fused-ring (bicyclic) bond motifs is 2. The Morgan fingerprint density at radius 3 is 3.08 bits per heavy atom. The maximum absolute atomic E-state index is 5.97. The van der Waals surface area contributed by atoms with Gasteiger partial charge >= 0.3 is 0 Å². The topological polar surface area (TPSA) is 78.5 Å². The molecule has 25 heavy (non-hydrogen) atoms. The van der Waals surface area contributed by atoms with Crippen LogP contribution in [0.4, 0.5) is 11.6 Å². The zero-order valence-electron chi connectivity index (χ0n) is 12.8. The van der Waals surface area contributed by atoms with Crippen LogP contribution in [0.25, 0.3) is 11.2 Å². The van der Waals surface area contributed by atoms with Gasteiger partial charge < -0.3 is 19.4 Å². The first kappa shape index (κ1) is 14.1. The van der Waals surface area contributed by atoms with Crippen molar-refractivity contribution in [2.24, 2.45) is 0 Å². The molecule has 4 aromatic rings. The monoisotopic (exact) mass is 354 g/mol. The molecular formula is C16H11ClN6O2. The van der Waals surface area contributed by atoms with E-state index in [0.29, 0.717) is 17.4 Å². The molecule has 0 amide bonds. The highest BCUT2D eigenvalue weighted by atomic mass is 35.5. The normalized spacial score (nSPS) is 12.7. The molecular weight excluding hydrogens is 344 g/mol. The summed E-state index contributed by atoms with van der Waals surface area (Å²) in [5, 5.41) is 7.43. The second-order valence-electron chi connectivity index (χ2n) is 5.37. The number of rotatable bonds is 3. The molecule has 1 N–H and O–H groups in total. The Hall–Kier alpha value is -3.26. The average molecular weight is 355 g/mol. The van der Waals surface area contributed by atoms with E-state index >= 15 is 0 Å². The molecule has 0 radical (unpaired) electrons. The summed E-state index contributed by atoms with van der Waals surface area (Å²) >= 11 is 5.97. The predicted molar refractivity (Wildman–Crippen MR) is 91.0 cm³/mol. The van der Waals surface area contributed by atoms with Crippen molar-refractivity contribution in [1.82, 2.24) is 24.1 Å². The number of nitrogens with one attached hydrogen (secondary N) is 1. The summed E-state index contributed by atoms with van der Waals surface area (Å²) in [5.74, 6) is 2.62. The quantitative estimate of drug-likeness (QED) is 0.609. The molecule has 1 aliphatic rings. The number of nitrogens with zero attached hydrogens (tertiary/aromatic N) is 5. The minimum Gasteiger partial charge on any atom is -0.454 e. The van der Waals surface area contributed by atoms with E-state index in [4.69, 9.17) is 21.1 Å². The van der Waals surface area contributed by atoms with E-state index in [9.17, 15) is 0 Å². The molecule has 0 atom stereocenters. The first-order chi connectivity index (χ1) is 12.3. The van der Waals surface area contributed by atoms with Gasteiger partial charge in [0.1, 0.15) is 17.7 Å². The maximum atomic E-state index is 5.97. The minimum atomic E-state index is 0.150. The molecule has 0 aliphatic carbocycles. The number of benzene rings is 1. The summed E-state index contributed by atoms with van der Waals surface area (Å²) in [5.41, 5.74) is 1.65. The van der Waals surface area contributed by atoms with Crippen LogP contribution in [0.3, 0.4) is 0 Å². The number of aromatic nitrogens is 5. The second-order valence-corrected chi connectivity index (χ2v) is 5.71. The van der Waals surface area contributed by atoms with Crippen molar-refractivity contribution in [2.45, 2.75) is 0 Å². The van der Waals surface area contributed by atoms with E-state index in [1.165, 1.54) is 0 Å². The van der Waals surface area contributed by atoms with Crippen molar-refractivity contribution >= 4 is 28.8 Å². The van der Waals surface area contributed by atoms with Crippen molar-refractivity contribution in [2.75, 3.05) is 12.1 Å². The first-order valence-corrected chi connectivity index (χ1v) is 7.87. The number of ether oxygens (including phenoxy) is 2. The molecule has 0 spiro atoms. The van der Waals surface area contributed by atoms with Crippen LogP contribution in [-0.2, 0) is 0 Å². The van der Waals surface area contributed by atoms with Crippen LogP contribution in [-0.4, -0.2) is 30.9 Å². The van der Waals surface area contributed by atoms with Crippen molar-refractivity contribution in [3.05, 3.63) is 54.3 Å². The fraction of sp³-hybridized carbons (Fsp3) is 0.0625. The standard InChI is InChI=1S/C16H11ClN6O2/c17-16-20-15(11-4-2-6-23(11)21-16)19-13-7-22(8-18-13)10-3-1-5-12-14(10)25-9-24-12/h1-8H,9H2,(H,19,20,21). The van der Waals surface area contributed by atoms with Gasteiger partial charge in [0.05, 0.1) is 11.9 Å². The number of para-hydroxylation sites is 1.